The lowest BCUT2D eigenvalue weighted by atomic mass is 10.1. The van der Waals surface area contributed by atoms with Crippen LogP contribution in [0.15, 0.2) is 18.2 Å². The van der Waals surface area contributed by atoms with Gasteiger partial charge >= 0.3 is 0 Å². The summed E-state index contributed by atoms with van der Waals surface area (Å²) < 4.78 is 5.97. The summed E-state index contributed by atoms with van der Waals surface area (Å²) in [6, 6.07) is 6.07. The van der Waals surface area contributed by atoms with E-state index in [2.05, 4.69) is 0 Å². The number of aliphatic hydroxyl groups is 1. The molecule has 1 aromatic rings. The van der Waals surface area contributed by atoms with E-state index in [9.17, 15) is 5.11 Å². The molecule has 1 atom stereocenters. The highest BCUT2D eigenvalue weighted by atomic mass is 16.5. The van der Waals surface area contributed by atoms with Crippen LogP contribution in [-0.2, 0) is 6.42 Å². The van der Waals surface area contributed by atoms with Crippen LogP contribution in [0.5, 0.6) is 5.75 Å². The van der Waals surface area contributed by atoms with Crippen LogP contribution in [0, 0.1) is 5.92 Å². The third-order valence-electron chi connectivity index (χ3n) is 4.15. The lowest BCUT2D eigenvalue weighted by Crippen LogP contribution is -2.09. The number of ether oxygens (including phenoxy) is 1. The molecule has 2 aliphatic rings. The normalized spacial score (nSPS) is 23.9. The predicted molar refractivity (Wildman–Crippen MR) is 67.2 cm³/mol. The first-order chi connectivity index (χ1) is 8.34. The van der Waals surface area contributed by atoms with Gasteiger partial charge in [0.15, 0.2) is 0 Å². The summed E-state index contributed by atoms with van der Waals surface area (Å²) in [5.41, 5.74) is 2.31. The summed E-state index contributed by atoms with van der Waals surface area (Å²) >= 11 is 0. The Morgan fingerprint density at radius 2 is 2.00 bits per heavy atom. The molecule has 17 heavy (non-hydrogen) atoms. The summed E-state index contributed by atoms with van der Waals surface area (Å²) in [6.45, 7) is 0.854. The molecule has 0 saturated heterocycles. The second-order valence-electron chi connectivity index (χ2n) is 5.34. The minimum absolute atomic E-state index is 0.278. The molecule has 0 radical (unpaired) electrons. The number of aliphatic hydroxyl groups excluding tert-OH is 1. The highest BCUT2D eigenvalue weighted by Crippen LogP contribution is 2.37. The Balaban J connectivity index is 1.71. The average molecular weight is 232 g/mol. The Bertz CT molecular complexity index is 394. The molecule has 0 heterocycles. The fraction of sp³-hybridized carbons (Fsp3) is 0.600. The Kier molecular flexibility index (Phi) is 3.06. The van der Waals surface area contributed by atoms with Gasteiger partial charge in [-0.1, -0.05) is 25.0 Å². The Labute approximate surface area is 103 Å². The maximum Gasteiger partial charge on any atom is 0.122 e. The molecule has 1 fully saturated rings. The average Bonchev–Trinajstić information content (AvgIpc) is 2.97. The zero-order chi connectivity index (χ0) is 11.7. The Morgan fingerprint density at radius 3 is 2.82 bits per heavy atom. The molecule has 2 heteroatoms. The van der Waals surface area contributed by atoms with Crippen molar-refractivity contribution < 1.29 is 9.84 Å². The van der Waals surface area contributed by atoms with Crippen LogP contribution in [0.3, 0.4) is 0 Å². The molecule has 2 nitrogen and oxygen atoms in total. The van der Waals surface area contributed by atoms with Gasteiger partial charge in [0.1, 0.15) is 5.75 Å². The molecule has 92 valence electrons. The van der Waals surface area contributed by atoms with Crippen LogP contribution < -0.4 is 4.74 Å². The van der Waals surface area contributed by atoms with Gasteiger partial charge < -0.3 is 9.84 Å². The van der Waals surface area contributed by atoms with Crippen molar-refractivity contribution in [2.24, 2.45) is 5.92 Å². The Hall–Kier alpha value is -1.02. The maximum absolute atomic E-state index is 9.83. The standard InChI is InChI=1S/C15H20O2/c16-14-9-8-13-12(14)6-3-7-15(13)17-10-11-4-1-2-5-11/h3,6-7,11,14,16H,1-2,4-5,8-10H2. The summed E-state index contributed by atoms with van der Waals surface area (Å²) in [4.78, 5) is 0. The van der Waals surface area contributed by atoms with Gasteiger partial charge in [0, 0.05) is 5.56 Å². The Morgan fingerprint density at radius 1 is 1.18 bits per heavy atom. The maximum atomic E-state index is 9.83. The minimum atomic E-state index is -0.278. The van der Waals surface area contributed by atoms with Crippen molar-refractivity contribution in [3.63, 3.8) is 0 Å². The van der Waals surface area contributed by atoms with E-state index in [1.807, 2.05) is 18.2 Å². The zero-order valence-corrected chi connectivity index (χ0v) is 10.2. The van der Waals surface area contributed by atoms with E-state index < -0.39 is 0 Å². The topological polar surface area (TPSA) is 29.5 Å². The first-order valence-electron chi connectivity index (χ1n) is 6.77. The molecular formula is C15H20O2. The van der Waals surface area contributed by atoms with Crippen molar-refractivity contribution in [1.29, 1.82) is 0 Å². The number of fused-ring (bicyclic) bond motifs is 1. The second kappa shape index (κ2) is 4.69. The molecule has 1 N–H and O–H groups in total. The van der Waals surface area contributed by atoms with Crippen LogP contribution in [0.4, 0.5) is 0 Å². The zero-order valence-electron chi connectivity index (χ0n) is 10.2. The summed E-state index contributed by atoms with van der Waals surface area (Å²) in [5, 5.41) is 9.83. The van der Waals surface area contributed by atoms with E-state index in [4.69, 9.17) is 4.74 Å². The van der Waals surface area contributed by atoms with E-state index in [1.54, 1.807) is 0 Å². The molecule has 0 aliphatic heterocycles. The van der Waals surface area contributed by atoms with Crippen molar-refractivity contribution in [3.05, 3.63) is 29.3 Å². The monoisotopic (exact) mass is 232 g/mol. The summed E-state index contributed by atoms with van der Waals surface area (Å²) in [7, 11) is 0. The van der Waals surface area contributed by atoms with Gasteiger partial charge in [-0.05, 0) is 43.2 Å². The van der Waals surface area contributed by atoms with Crippen LogP contribution >= 0.6 is 0 Å². The van der Waals surface area contributed by atoms with Crippen molar-refractivity contribution in [2.45, 2.75) is 44.6 Å². The third-order valence-corrected chi connectivity index (χ3v) is 4.15. The molecule has 0 spiro atoms. The first kappa shape index (κ1) is 11.1. The molecule has 1 aromatic carbocycles. The van der Waals surface area contributed by atoms with Gasteiger partial charge in [0.05, 0.1) is 12.7 Å². The predicted octanol–water partition coefficient (Wildman–Crippen LogP) is 3.24. The highest BCUT2D eigenvalue weighted by Gasteiger charge is 2.24. The quantitative estimate of drug-likeness (QED) is 0.867. The van der Waals surface area contributed by atoms with Gasteiger partial charge in [-0.3, -0.25) is 0 Å². The SMILES string of the molecule is OC1CCc2c(OCC3CCCC3)cccc21. The van der Waals surface area contributed by atoms with Gasteiger partial charge in [-0.25, -0.2) is 0 Å². The van der Waals surface area contributed by atoms with Crippen LogP contribution in [0.2, 0.25) is 0 Å². The van der Waals surface area contributed by atoms with Crippen molar-refractivity contribution in [3.8, 4) is 5.75 Å². The first-order valence-corrected chi connectivity index (χ1v) is 6.77. The molecule has 0 bridgehead atoms. The van der Waals surface area contributed by atoms with Crippen molar-refractivity contribution in [2.75, 3.05) is 6.61 Å². The number of hydrogen-bond acceptors (Lipinski definition) is 2. The lowest BCUT2D eigenvalue weighted by molar-refractivity contribution is 0.180. The molecule has 3 rings (SSSR count). The number of rotatable bonds is 3. The van der Waals surface area contributed by atoms with Crippen LogP contribution in [0.1, 0.15) is 49.3 Å². The highest BCUT2D eigenvalue weighted by molar-refractivity contribution is 5.44. The van der Waals surface area contributed by atoms with E-state index in [-0.39, 0.29) is 6.10 Å². The minimum Gasteiger partial charge on any atom is -0.493 e. The molecule has 1 unspecified atom stereocenters. The molecule has 0 aromatic heterocycles. The number of benzene rings is 1. The third kappa shape index (κ3) is 2.19. The molecule has 2 aliphatic carbocycles. The smallest absolute Gasteiger partial charge is 0.122 e. The fourth-order valence-electron chi connectivity index (χ4n) is 3.12. The van der Waals surface area contributed by atoms with E-state index in [0.29, 0.717) is 0 Å². The van der Waals surface area contributed by atoms with E-state index in [1.165, 1.54) is 31.2 Å². The fourth-order valence-corrected chi connectivity index (χ4v) is 3.12. The lowest BCUT2D eigenvalue weighted by Gasteiger charge is -2.14. The molecule has 1 saturated carbocycles. The van der Waals surface area contributed by atoms with E-state index in [0.717, 1.165) is 36.7 Å². The largest absolute Gasteiger partial charge is 0.493 e. The summed E-state index contributed by atoms with van der Waals surface area (Å²) in [5.74, 6) is 1.75. The van der Waals surface area contributed by atoms with Crippen LogP contribution in [0.25, 0.3) is 0 Å². The molecule has 0 amide bonds. The number of hydrogen-bond donors (Lipinski definition) is 1. The van der Waals surface area contributed by atoms with Crippen molar-refractivity contribution >= 4 is 0 Å². The van der Waals surface area contributed by atoms with Gasteiger partial charge in [-0.15, -0.1) is 0 Å². The molecular weight excluding hydrogens is 212 g/mol. The van der Waals surface area contributed by atoms with E-state index >= 15 is 0 Å². The van der Waals surface area contributed by atoms with Crippen LogP contribution in [-0.4, -0.2) is 11.7 Å². The second-order valence-corrected chi connectivity index (χ2v) is 5.34. The van der Waals surface area contributed by atoms with Gasteiger partial charge in [0.2, 0.25) is 0 Å². The summed E-state index contributed by atoms with van der Waals surface area (Å²) in [6.07, 6.45) is 6.88. The van der Waals surface area contributed by atoms with Crippen molar-refractivity contribution in [1.82, 2.24) is 0 Å². The van der Waals surface area contributed by atoms with Gasteiger partial charge in [-0.2, -0.15) is 0 Å². The van der Waals surface area contributed by atoms with Gasteiger partial charge in [0.25, 0.3) is 0 Å².